The molecule has 0 aliphatic carbocycles. The lowest BCUT2D eigenvalue weighted by atomic mass is 10.2. The molecule has 0 saturated carbocycles. The predicted molar refractivity (Wildman–Crippen MR) is 84.1 cm³/mol. The number of carbonyl (C=O) groups is 4. The maximum absolute atomic E-state index is 11.8. The quantitative estimate of drug-likeness (QED) is 0.631. The van der Waals surface area contributed by atoms with Gasteiger partial charge in [-0.25, -0.2) is 9.59 Å². The molecule has 122 valence electrons. The monoisotopic (exact) mass is 328 g/mol. The van der Waals surface area contributed by atoms with Crippen LogP contribution in [0.25, 0.3) is 0 Å². The van der Waals surface area contributed by atoms with Crippen molar-refractivity contribution in [1.29, 1.82) is 0 Å². The lowest BCUT2D eigenvalue weighted by Gasteiger charge is -2.07. The molecule has 0 aliphatic rings. The average Bonchev–Trinajstić information content (AvgIpc) is 2.55. The van der Waals surface area contributed by atoms with E-state index in [0.717, 1.165) is 0 Å². The first-order valence-corrected chi connectivity index (χ1v) is 6.66. The molecule has 0 saturated heterocycles. The highest BCUT2D eigenvalue weighted by molar-refractivity contribution is 6.43. The molecule has 8 heteroatoms. The van der Waals surface area contributed by atoms with Crippen molar-refractivity contribution in [3.05, 3.63) is 59.7 Å². The van der Waals surface area contributed by atoms with E-state index >= 15 is 0 Å². The molecule has 24 heavy (non-hydrogen) atoms. The van der Waals surface area contributed by atoms with Gasteiger partial charge in [0.25, 0.3) is 0 Å². The van der Waals surface area contributed by atoms with E-state index in [9.17, 15) is 19.2 Å². The third-order valence-corrected chi connectivity index (χ3v) is 2.94. The molecule has 0 aromatic heterocycles. The summed E-state index contributed by atoms with van der Waals surface area (Å²) in [5.74, 6) is -4.36. The molecule has 0 aliphatic heterocycles. The van der Waals surface area contributed by atoms with E-state index in [4.69, 9.17) is 10.2 Å². The Kier molecular flexibility index (Phi) is 4.90. The first-order valence-electron chi connectivity index (χ1n) is 6.66. The molecule has 4 N–H and O–H groups in total. The van der Waals surface area contributed by atoms with Crippen molar-refractivity contribution in [2.24, 2.45) is 0 Å². The largest absolute Gasteiger partial charge is 0.478 e. The van der Waals surface area contributed by atoms with Crippen LogP contribution in [0.1, 0.15) is 20.7 Å². The summed E-state index contributed by atoms with van der Waals surface area (Å²) >= 11 is 0. The smallest absolute Gasteiger partial charge is 0.335 e. The van der Waals surface area contributed by atoms with Gasteiger partial charge < -0.3 is 20.8 Å². The van der Waals surface area contributed by atoms with Gasteiger partial charge in [0.15, 0.2) is 0 Å². The minimum atomic E-state index is -1.17. The molecule has 0 bridgehead atoms. The molecule has 0 atom stereocenters. The van der Waals surface area contributed by atoms with Crippen molar-refractivity contribution >= 4 is 35.1 Å². The number of amides is 2. The molecule has 2 rings (SSSR count). The fraction of sp³-hybridized carbons (Fsp3) is 0. The van der Waals surface area contributed by atoms with Crippen LogP contribution < -0.4 is 10.6 Å². The summed E-state index contributed by atoms with van der Waals surface area (Å²) in [5, 5.41) is 22.3. The number of anilines is 2. The summed E-state index contributed by atoms with van der Waals surface area (Å²) in [5.41, 5.74) is 0.216. The normalized spacial score (nSPS) is 9.83. The van der Waals surface area contributed by atoms with Crippen molar-refractivity contribution < 1.29 is 29.4 Å². The number of carboxylic acids is 2. The Hall–Kier alpha value is -3.68. The molecule has 0 radical (unpaired) electrons. The Labute approximate surface area is 135 Å². The van der Waals surface area contributed by atoms with Crippen molar-refractivity contribution in [2.75, 3.05) is 10.6 Å². The summed E-state index contributed by atoms with van der Waals surface area (Å²) in [6.45, 7) is 0. The maximum atomic E-state index is 11.8. The molecule has 0 heterocycles. The molecular formula is C16H12N2O6. The van der Waals surface area contributed by atoms with Gasteiger partial charge in [-0.3, -0.25) is 9.59 Å². The zero-order valence-electron chi connectivity index (χ0n) is 12.1. The summed E-state index contributed by atoms with van der Waals surface area (Å²) in [4.78, 5) is 45.4. The number of aromatic carboxylic acids is 2. The van der Waals surface area contributed by atoms with Gasteiger partial charge in [0.05, 0.1) is 11.1 Å². The van der Waals surface area contributed by atoms with E-state index in [0.29, 0.717) is 0 Å². The highest BCUT2D eigenvalue weighted by atomic mass is 16.4. The van der Waals surface area contributed by atoms with Gasteiger partial charge in [0.2, 0.25) is 0 Å². The Morgan fingerprint density at radius 1 is 0.667 bits per heavy atom. The maximum Gasteiger partial charge on any atom is 0.335 e. The van der Waals surface area contributed by atoms with E-state index in [2.05, 4.69) is 10.6 Å². The minimum Gasteiger partial charge on any atom is -0.478 e. The van der Waals surface area contributed by atoms with Gasteiger partial charge >= 0.3 is 23.8 Å². The van der Waals surface area contributed by atoms with Gasteiger partial charge in [-0.05, 0) is 36.4 Å². The van der Waals surface area contributed by atoms with Crippen molar-refractivity contribution in [1.82, 2.24) is 0 Å². The zero-order valence-corrected chi connectivity index (χ0v) is 12.1. The van der Waals surface area contributed by atoms with E-state index < -0.39 is 23.8 Å². The van der Waals surface area contributed by atoms with Gasteiger partial charge in [0.1, 0.15) is 0 Å². The molecule has 0 spiro atoms. The van der Waals surface area contributed by atoms with Crippen molar-refractivity contribution in [2.45, 2.75) is 0 Å². The van der Waals surface area contributed by atoms with Crippen LogP contribution >= 0.6 is 0 Å². The topological polar surface area (TPSA) is 133 Å². The highest BCUT2D eigenvalue weighted by Gasteiger charge is 2.15. The standard InChI is InChI=1S/C16H12N2O6/c19-13(17-11-5-1-3-9(7-11)15(21)22)14(20)18-12-6-2-4-10(8-12)16(23)24/h1-8H,(H,17,19)(H,18,20)(H,21,22)(H,23,24). The van der Waals surface area contributed by atoms with Crippen LogP contribution in [-0.2, 0) is 9.59 Å². The van der Waals surface area contributed by atoms with Crippen LogP contribution in [-0.4, -0.2) is 34.0 Å². The van der Waals surface area contributed by atoms with E-state index in [1.807, 2.05) is 0 Å². The minimum absolute atomic E-state index is 0.0395. The van der Waals surface area contributed by atoms with Crippen LogP contribution in [0, 0.1) is 0 Å². The zero-order chi connectivity index (χ0) is 17.7. The van der Waals surface area contributed by atoms with E-state index in [1.54, 1.807) is 0 Å². The fourth-order valence-electron chi connectivity index (χ4n) is 1.84. The number of hydrogen-bond acceptors (Lipinski definition) is 4. The highest BCUT2D eigenvalue weighted by Crippen LogP contribution is 2.12. The Morgan fingerprint density at radius 2 is 1.04 bits per heavy atom. The third kappa shape index (κ3) is 4.17. The summed E-state index contributed by atoms with van der Waals surface area (Å²) in [7, 11) is 0. The second-order valence-electron chi connectivity index (χ2n) is 4.68. The first kappa shape index (κ1) is 16.7. The summed E-state index contributed by atoms with van der Waals surface area (Å²) in [6, 6.07) is 10.8. The van der Waals surface area contributed by atoms with Gasteiger partial charge in [-0.15, -0.1) is 0 Å². The second kappa shape index (κ2) is 7.05. The van der Waals surface area contributed by atoms with Crippen LogP contribution in [0.15, 0.2) is 48.5 Å². The summed E-state index contributed by atoms with van der Waals surface area (Å²) < 4.78 is 0. The van der Waals surface area contributed by atoms with Crippen LogP contribution in [0.2, 0.25) is 0 Å². The second-order valence-corrected chi connectivity index (χ2v) is 4.68. The Morgan fingerprint density at radius 3 is 1.38 bits per heavy atom. The summed E-state index contributed by atoms with van der Waals surface area (Å²) in [6.07, 6.45) is 0. The third-order valence-electron chi connectivity index (χ3n) is 2.94. The molecule has 0 unspecified atom stereocenters. The lowest BCUT2D eigenvalue weighted by Crippen LogP contribution is -2.29. The van der Waals surface area contributed by atoms with Crippen LogP contribution in [0.5, 0.6) is 0 Å². The first-order chi connectivity index (χ1) is 11.4. The number of hydrogen-bond donors (Lipinski definition) is 4. The number of benzene rings is 2. The molecule has 2 aromatic carbocycles. The van der Waals surface area contributed by atoms with Gasteiger partial charge in [-0.1, -0.05) is 12.1 Å². The SMILES string of the molecule is O=C(Nc1cccc(C(=O)O)c1)C(=O)Nc1cccc(C(=O)O)c1. The van der Waals surface area contributed by atoms with Gasteiger partial charge in [0, 0.05) is 11.4 Å². The Balaban J connectivity index is 2.06. The van der Waals surface area contributed by atoms with Crippen LogP contribution in [0.4, 0.5) is 11.4 Å². The predicted octanol–water partition coefficient (Wildman–Crippen LogP) is 1.66. The molecule has 0 fully saturated rings. The number of nitrogens with one attached hydrogen (secondary N) is 2. The van der Waals surface area contributed by atoms with Crippen LogP contribution in [0.3, 0.4) is 0 Å². The molecule has 2 amide bonds. The van der Waals surface area contributed by atoms with Crippen molar-refractivity contribution in [3.8, 4) is 0 Å². The molecular weight excluding hydrogens is 316 g/mol. The van der Waals surface area contributed by atoms with E-state index in [-0.39, 0.29) is 22.5 Å². The van der Waals surface area contributed by atoms with Crippen molar-refractivity contribution in [3.63, 3.8) is 0 Å². The number of carbonyl (C=O) groups excluding carboxylic acids is 2. The number of carboxylic acid groups (broad SMARTS) is 2. The number of rotatable bonds is 4. The van der Waals surface area contributed by atoms with Gasteiger partial charge in [-0.2, -0.15) is 0 Å². The average molecular weight is 328 g/mol. The van der Waals surface area contributed by atoms with E-state index in [1.165, 1.54) is 48.5 Å². The Bertz CT molecular complexity index is 761. The molecule has 8 nitrogen and oxygen atoms in total. The molecule has 2 aromatic rings. The fourth-order valence-corrected chi connectivity index (χ4v) is 1.84. The lowest BCUT2D eigenvalue weighted by molar-refractivity contribution is -0.132.